The van der Waals surface area contributed by atoms with Crippen LogP contribution in [0.3, 0.4) is 0 Å². The van der Waals surface area contributed by atoms with Gasteiger partial charge in [0.25, 0.3) is 0 Å². The van der Waals surface area contributed by atoms with Gasteiger partial charge in [0.2, 0.25) is 0 Å². The monoisotopic (exact) mass is 146 g/mol. The quantitative estimate of drug-likeness (QED) is 0.585. The maximum atomic E-state index is 9.01. The first kappa shape index (κ1) is 7.98. The van der Waals surface area contributed by atoms with Gasteiger partial charge in [-0.05, 0) is 12.8 Å². The molecule has 0 aliphatic carbocycles. The number of hydrogen-bond donors (Lipinski definition) is 2. The van der Waals surface area contributed by atoms with Gasteiger partial charge in [-0.2, -0.15) is 0 Å². The predicted molar refractivity (Wildman–Crippen MR) is 36.7 cm³/mol. The number of aliphatic hydroxyl groups excluding tert-OH is 2. The van der Waals surface area contributed by atoms with Crippen LogP contribution in [0.1, 0.15) is 19.3 Å². The minimum atomic E-state index is -0.274. The van der Waals surface area contributed by atoms with Gasteiger partial charge in [-0.1, -0.05) is 0 Å². The van der Waals surface area contributed by atoms with Crippen molar-refractivity contribution in [2.45, 2.75) is 31.5 Å². The number of rotatable bonds is 3. The van der Waals surface area contributed by atoms with Crippen molar-refractivity contribution in [1.82, 2.24) is 0 Å². The van der Waals surface area contributed by atoms with Gasteiger partial charge < -0.3 is 14.9 Å². The second-order valence-corrected chi connectivity index (χ2v) is 2.71. The van der Waals surface area contributed by atoms with E-state index in [1.54, 1.807) is 0 Å². The summed E-state index contributed by atoms with van der Waals surface area (Å²) in [6, 6.07) is 0. The van der Waals surface area contributed by atoms with Gasteiger partial charge in [-0.25, -0.2) is 0 Å². The standard InChI is InChI=1S/C7H14O3/c8-3-1-2-7-4-6(9)5-10-7/h6-9H,1-5H2/t6-,7-/m0/s1. The van der Waals surface area contributed by atoms with Crippen molar-refractivity contribution in [3.63, 3.8) is 0 Å². The highest BCUT2D eigenvalue weighted by molar-refractivity contribution is 4.71. The molecule has 1 fully saturated rings. The van der Waals surface area contributed by atoms with Crippen LogP contribution in [0.4, 0.5) is 0 Å². The number of aliphatic hydroxyl groups is 2. The summed E-state index contributed by atoms with van der Waals surface area (Å²) in [6.07, 6.45) is 2.29. The Morgan fingerprint density at radius 2 is 2.30 bits per heavy atom. The Hall–Kier alpha value is -0.120. The normalized spacial score (nSPS) is 33.0. The number of ether oxygens (including phenoxy) is 1. The van der Waals surface area contributed by atoms with Crippen LogP contribution in [0.25, 0.3) is 0 Å². The van der Waals surface area contributed by atoms with E-state index in [2.05, 4.69) is 0 Å². The SMILES string of the molecule is OCCC[C@H]1C[C@H](O)CO1. The molecule has 0 aromatic carbocycles. The van der Waals surface area contributed by atoms with E-state index in [1.165, 1.54) is 0 Å². The molecule has 0 saturated carbocycles. The van der Waals surface area contributed by atoms with Gasteiger partial charge in [-0.15, -0.1) is 0 Å². The summed E-state index contributed by atoms with van der Waals surface area (Å²) in [7, 11) is 0. The molecule has 1 rings (SSSR count). The largest absolute Gasteiger partial charge is 0.396 e. The van der Waals surface area contributed by atoms with Gasteiger partial charge in [-0.3, -0.25) is 0 Å². The molecule has 1 aliphatic heterocycles. The van der Waals surface area contributed by atoms with Crippen molar-refractivity contribution in [3.05, 3.63) is 0 Å². The zero-order valence-electron chi connectivity index (χ0n) is 5.99. The average Bonchev–Trinajstić information content (AvgIpc) is 2.31. The molecule has 0 amide bonds. The van der Waals surface area contributed by atoms with Crippen LogP contribution < -0.4 is 0 Å². The van der Waals surface area contributed by atoms with E-state index >= 15 is 0 Å². The predicted octanol–water partition coefficient (Wildman–Crippen LogP) is -0.0913. The fourth-order valence-corrected chi connectivity index (χ4v) is 1.21. The van der Waals surface area contributed by atoms with Gasteiger partial charge >= 0.3 is 0 Å². The molecule has 0 bridgehead atoms. The Bertz CT molecular complexity index is 94.9. The third kappa shape index (κ3) is 2.25. The highest BCUT2D eigenvalue weighted by Gasteiger charge is 2.22. The first-order valence-electron chi connectivity index (χ1n) is 3.73. The minimum Gasteiger partial charge on any atom is -0.396 e. The van der Waals surface area contributed by atoms with Crippen molar-refractivity contribution in [2.75, 3.05) is 13.2 Å². The number of hydrogen-bond acceptors (Lipinski definition) is 3. The lowest BCUT2D eigenvalue weighted by Crippen LogP contribution is -2.07. The topological polar surface area (TPSA) is 49.7 Å². The van der Waals surface area contributed by atoms with Crippen LogP contribution in [0.2, 0.25) is 0 Å². The van der Waals surface area contributed by atoms with Crippen molar-refractivity contribution in [1.29, 1.82) is 0 Å². The average molecular weight is 146 g/mol. The van der Waals surface area contributed by atoms with E-state index in [0.29, 0.717) is 6.61 Å². The van der Waals surface area contributed by atoms with Crippen molar-refractivity contribution < 1.29 is 14.9 Å². The Morgan fingerprint density at radius 1 is 1.50 bits per heavy atom. The van der Waals surface area contributed by atoms with Crippen LogP contribution in [0.5, 0.6) is 0 Å². The third-order valence-corrected chi connectivity index (χ3v) is 1.74. The maximum Gasteiger partial charge on any atom is 0.0798 e. The molecular weight excluding hydrogens is 132 g/mol. The molecule has 0 aromatic heterocycles. The second-order valence-electron chi connectivity index (χ2n) is 2.71. The summed E-state index contributed by atoms with van der Waals surface area (Å²) in [5.41, 5.74) is 0. The zero-order valence-corrected chi connectivity index (χ0v) is 5.99. The molecule has 0 spiro atoms. The van der Waals surface area contributed by atoms with Gasteiger partial charge in [0, 0.05) is 13.0 Å². The summed E-state index contributed by atoms with van der Waals surface area (Å²) in [4.78, 5) is 0. The summed E-state index contributed by atoms with van der Waals surface area (Å²) >= 11 is 0. The van der Waals surface area contributed by atoms with Crippen LogP contribution in [-0.4, -0.2) is 35.6 Å². The maximum absolute atomic E-state index is 9.01. The second kappa shape index (κ2) is 3.91. The minimum absolute atomic E-state index is 0.183. The molecule has 60 valence electrons. The van der Waals surface area contributed by atoms with Crippen molar-refractivity contribution in [2.24, 2.45) is 0 Å². The zero-order chi connectivity index (χ0) is 7.40. The summed E-state index contributed by atoms with van der Waals surface area (Å²) in [5, 5.41) is 17.5. The van der Waals surface area contributed by atoms with Crippen LogP contribution >= 0.6 is 0 Å². The van der Waals surface area contributed by atoms with Crippen molar-refractivity contribution >= 4 is 0 Å². The molecule has 3 heteroatoms. The Morgan fingerprint density at radius 3 is 2.80 bits per heavy atom. The summed E-state index contributed by atoms with van der Waals surface area (Å²) in [6.45, 7) is 0.687. The fourth-order valence-electron chi connectivity index (χ4n) is 1.21. The first-order valence-corrected chi connectivity index (χ1v) is 3.73. The highest BCUT2D eigenvalue weighted by Crippen LogP contribution is 2.16. The molecule has 3 nitrogen and oxygen atoms in total. The smallest absolute Gasteiger partial charge is 0.0798 e. The molecule has 1 aliphatic rings. The van der Waals surface area contributed by atoms with Gasteiger partial charge in [0.15, 0.2) is 0 Å². The van der Waals surface area contributed by atoms with Crippen LogP contribution in [-0.2, 0) is 4.74 Å². The van der Waals surface area contributed by atoms with E-state index in [-0.39, 0.29) is 18.8 Å². The van der Waals surface area contributed by atoms with E-state index in [0.717, 1.165) is 19.3 Å². The first-order chi connectivity index (χ1) is 4.83. The lowest BCUT2D eigenvalue weighted by atomic mass is 10.1. The Labute approximate surface area is 60.6 Å². The van der Waals surface area contributed by atoms with E-state index in [4.69, 9.17) is 14.9 Å². The van der Waals surface area contributed by atoms with E-state index in [1.807, 2.05) is 0 Å². The van der Waals surface area contributed by atoms with Gasteiger partial charge in [0.1, 0.15) is 0 Å². The van der Waals surface area contributed by atoms with Crippen molar-refractivity contribution in [3.8, 4) is 0 Å². The molecule has 1 heterocycles. The van der Waals surface area contributed by atoms with Crippen LogP contribution in [0, 0.1) is 0 Å². The third-order valence-electron chi connectivity index (χ3n) is 1.74. The van der Waals surface area contributed by atoms with E-state index in [9.17, 15) is 0 Å². The summed E-state index contributed by atoms with van der Waals surface area (Å²) in [5.74, 6) is 0. The molecule has 0 unspecified atom stereocenters. The Kier molecular flexibility index (Phi) is 3.12. The highest BCUT2D eigenvalue weighted by atomic mass is 16.5. The lowest BCUT2D eigenvalue weighted by molar-refractivity contribution is 0.0800. The van der Waals surface area contributed by atoms with Crippen LogP contribution in [0.15, 0.2) is 0 Å². The Balaban J connectivity index is 2.06. The van der Waals surface area contributed by atoms with Gasteiger partial charge in [0.05, 0.1) is 18.8 Å². The van der Waals surface area contributed by atoms with E-state index < -0.39 is 0 Å². The molecule has 1 saturated heterocycles. The molecular formula is C7H14O3. The lowest BCUT2D eigenvalue weighted by Gasteiger charge is -2.05. The molecule has 10 heavy (non-hydrogen) atoms. The molecule has 2 N–H and O–H groups in total. The fraction of sp³-hybridized carbons (Fsp3) is 1.00. The summed E-state index contributed by atoms with van der Waals surface area (Å²) < 4.78 is 5.21. The molecule has 0 radical (unpaired) electrons. The molecule has 2 atom stereocenters. The molecule has 0 aromatic rings.